The number of aromatic nitrogens is 2. The fourth-order valence-corrected chi connectivity index (χ4v) is 3.62. The van der Waals surface area contributed by atoms with Gasteiger partial charge in [0.05, 0.1) is 11.7 Å². The molecule has 0 bridgehead atoms. The van der Waals surface area contributed by atoms with E-state index in [0.717, 1.165) is 23.1 Å². The molecule has 2 aromatic carbocycles. The lowest BCUT2D eigenvalue weighted by Crippen LogP contribution is -2.24. The number of hydrogen-bond acceptors (Lipinski definition) is 3. The molecule has 2 aromatic heterocycles. The average molecular weight is 401 g/mol. The first-order chi connectivity index (χ1) is 14.5. The lowest BCUT2D eigenvalue weighted by atomic mass is 9.97. The summed E-state index contributed by atoms with van der Waals surface area (Å²) in [5, 5.41) is 3.46. The zero-order valence-corrected chi connectivity index (χ0v) is 17.1. The second kappa shape index (κ2) is 8.59. The number of halogens is 1. The van der Waals surface area contributed by atoms with Gasteiger partial charge in [0.2, 0.25) is 0 Å². The molecular formula is C25H24FN3O. The predicted octanol–water partition coefficient (Wildman–Crippen LogP) is 4.58. The first-order valence-corrected chi connectivity index (χ1v) is 10.1. The van der Waals surface area contributed by atoms with Crippen LogP contribution < -0.4 is 10.9 Å². The fraction of sp³-hybridized carbons (Fsp3) is 0.200. The van der Waals surface area contributed by atoms with Gasteiger partial charge in [0.15, 0.2) is 0 Å². The molecular weight excluding hydrogens is 377 g/mol. The van der Waals surface area contributed by atoms with Crippen molar-refractivity contribution < 1.29 is 4.39 Å². The highest BCUT2D eigenvalue weighted by Crippen LogP contribution is 2.24. The van der Waals surface area contributed by atoms with E-state index in [4.69, 9.17) is 0 Å². The van der Waals surface area contributed by atoms with E-state index in [9.17, 15) is 9.18 Å². The van der Waals surface area contributed by atoms with Crippen LogP contribution in [-0.4, -0.2) is 9.38 Å². The molecule has 30 heavy (non-hydrogen) atoms. The van der Waals surface area contributed by atoms with E-state index in [1.807, 2.05) is 25.1 Å². The van der Waals surface area contributed by atoms with Gasteiger partial charge in [-0.15, -0.1) is 0 Å². The van der Waals surface area contributed by atoms with E-state index in [2.05, 4.69) is 41.5 Å². The van der Waals surface area contributed by atoms with Crippen molar-refractivity contribution in [2.75, 3.05) is 0 Å². The Morgan fingerprint density at radius 2 is 1.83 bits per heavy atom. The van der Waals surface area contributed by atoms with Crippen LogP contribution in [0.25, 0.3) is 5.65 Å². The van der Waals surface area contributed by atoms with Gasteiger partial charge < -0.3 is 5.32 Å². The summed E-state index contributed by atoms with van der Waals surface area (Å²) < 4.78 is 15.4. The molecule has 0 radical (unpaired) electrons. The van der Waals surface area contributed by atoms with Crippen molar-refractivity contribution >= 4 is 5.65 Å². The highest BCUT2D eigenvalue weighted by molar-refractivity contribution is 5.40. The SMILES string of the molecule is CCc1ccc([C@H](NCc2cc(=O)n3cc(C)ccc3n2)c2cccc(F)c2)cc1. The van der Waals surface area contributed by atoms with Gasteiger partial charge in [0, 0.05) is 18.8 Å². The topological polar surface area (TPSA) is 46.4 Å². The number of nitrogens with zero attached hydrogens (tertiary/aromatic N) is 2. The summed E-state index contributed by atoms with van der Waals surface area (Å²) in [4.78, 5) is 17.1. The molecule has 0 saturated carbocycles. The summed E-state index contributed by atoms with van der Waals surface area (Å²) in [5.41, 5.74) is 5.25. The van der Waals surface area contributed by atoms with E-state index in [1.165, 1.54) is 17.7 Å². The molecule has 0 aliphatic carbocycles. The van der Waals surface area contributed by atoms with Crippen molar-refractivity contribution in [3.05, 3.63) is 117 Å². The summed E-state index contributed by atoms with van der Waals surface area (Å²) in [6, 6.07) is 20.0. The molecule has 4 aromatic rings. The predicted molar refractivity (Wildman–Crippen MR) is 117 cm³/mol. The first kappa shape index (κ1) is 20.0. The molecule has 1 atom stereocenters. The molecule has 0 aliphatic rings. The van der Waals surface area contributed by atoms with E-state index in [-0.39, 0.29) is 17.4 Å². The van der Waals surface area contributed by atoms with Crippen LogP contribution in [0.15, 0.2) is 77.7 Å². The van der Waals surface area contributed by atoms with E-state index >= 15 is 0 Å². The van der Waals surface area contributed by atoms with E-state index in [1.54, 1.807) is 22.7 Å². The van der Waals surface area contributed by atoms with Crippen LogP contribution in [0.4, 0.5) is 4.39 Å². The van der Waals surface area contributed by atoms with Crippen LogP contribution in [0.2, 0.25) is 0 Å². The van der Waals surface area contributed by atoms with Crippen LogP contribution in [0.1, 0.15) is 40.9 Å². The number of fused-ring (bicyclic) bond motifs is 1. The van der Waals surface area contributed by atoms with Gasteiger partial charge in [-0.1, -0.05) is 49.4 Å². The summed E-state index contributed by atoms with van der Waals surface area (Å²) in [6.45, 7) is 4.44. The first-order valence-electron chi connectivity index (χ1n) is 10.1. The number of aryl methyl sites for hydroxylation is 2. The summed E-state index contributed by atoms with van der Waals surface area (Å²) in [6.07, 6.45) is 2.75. The highest BCUT2D eigenvalue weighted by Gasteiger charge is 2.15. The average Bonchev–Trinajstić information content (AvgIpc) is 2.75. The van der Waals surface area contributed by atoms with Crippen LogP contribution in [0.5, 0.6) is 0 Å². The molecule has 152 valence electrons. The van der Waals surface area contributed by atoms with Gasteiger partial charge >= 0.3 is 0 Å². The van der Waals surface area contributed by atoms with Crippen molar-refractivity contribution in [2.45, 2.75) is 32.9 Å². The van der Waals surface area contributed by atoms with E-state index in [0.29, 0.717) is 17.9 Å². The maximum absolute atomic E-state index is 13.9. The normalized spacial score (nSPS) is 12.2. The van der Waals surface area contributed by atoms with Gasteiger partial charge in [0.25, 0.3) is 5.56 Å². The zero-order valence-electron chi connectivity index (χ0n) is 17.1. The van der Waals surface area contributed by atoms with Crippen molar-refractivity contribution in [3.63, 3.8) is 0 Å². The molecule has 0 fully saturated rings. The molecule has 0 spiro atoms. The van der Waals surface area contributed by atoms with Crippen LogP contribution in [0, 0.1) is 12.7 Å². The molecule has 0 unspecified atom stereocenters. The highest BCUT2D eigenvalue weighted by atomic mass is 19.1. The van der Waals surface area contributed by atoms with Gasteiger partial charge in [-0.3, -0.25) is 9.20 Å². The zero-order chi connectivity index (χ0) is 21.1. The van der Waals surface area contributed by atoms with Gasteiger partial charge in [-0.25, -0.2) is 9.37 Å². The minimum absolute atomic E-state index is 0.116. The number of benzene rings is 2. The molecule has 1 N–H and O–H groups in total. The Hall–Kier alpha value is -3.31. The molecule has 0 amide bonds. The molecule has 4 nitrogen and oxygen atoms in total. The standard InChI is InChI=1S/C25H24FN3O/c1-3-18-8-10-19(11-9-18)25(20-5-4-6-21(26)13-20)27-15-22-14-24(30)29-16-17(2)7-12-23(29)28-22/h4-14,16,25,27H,3,15H2,1-2H3/t25-/m0/s1. The minimum Gasteiger partial charge on any atom is -0.301 e. The Morgan fingerprint density at radius 1 is 1.03 bits per heavy atom. The Balaban J connectivity index is 1.65. The summed E-state index contributed by atoms with van der Waals surface area (Å²) in [5.74, 6) is -0.276. The molecule has 4 rings (SSSR count). The monoisotopic (exact) mass is 401 g/mol. The van der Waals surface area contributed by atoms with Crippen molar-refractivity contribution in [1.29, 1.82) is 0 Å². The Bertz CT molecular complexity index is 1230. The second-order valence-corrected chi connectivity index (χ2v) is 7.48. The second-order valence-electron chi connectivity index (χ2n) is 7.48. The number of rotatable bonds is 6. The number of hydrogen-bond donors (Lipinski definition) is 1. The molecule has 0 aliphatic heterocycles. The maximum Gasteiger partial charge on any atom is 0.258 e. The largest absolute Gasteiger partial charge is 0.301 e. The lowest BCUT2D eigenvalue weighted by molar-refractivity contribution is 0.583. The Labute approximate surface area is 175 Å². The third-order valence-corrected chi connectivity index (χ3v) is 5.25. The van der Waals surface area contributed by atoms with E-state index < -0.39 is 0 Å². The number of nitrogens with one attached hydrogen (secondary N) is 1. The Kier molecular flexibility index (Phi) is 5.72. The van der Waals surface area contributed by atoms with Gasteiger partial charge in [-0.05, 0) is 53.8 Å². The van der Waals surface area contributed by atoms with Crippen molar-refractivity contribution in [3.8, 4) is 0 Å². The summed E-state index contributed by atoms with van der Waals surface area (Å²) >= 11 is 0. The van der Waals surface area contributed by atoms with Crippen molar-refractivity contribution in [2.24, 2.45) is 0 Å². The maximum atomic E-state index is 13.9. The van der Waals surface area contributed by atoms with Gasteiger partial charge in [0.1, 0.15) is 11.5 Å². The minimum atomic E-state index is -0.276. The fourth-order valence-electron chi connectivity index (χ4n) is 3.62. The third-order valence-electron chi connectivity index (χ3n) is 5.25. The van der Waals surface area contributed by atoms with Crippen molar-refractivity contribution in [1.82, 2.24) is 14.7 Å². The molecule has 5 heteroatoms. The lowest BCUT2D eigenvalue weighted by Gasteiger charge is -2.20. The van der Waals surface area contributed by atoms with Gasteiger partial charge in [-0.2, -0.15) is 0 Å². The quantitative estimate of drug-likeness (QED) is 0.514. The Morgan fingerprint density at radius 3 is 2.57 bits per heavy atom. The number of pyridine rings is 1. The van der Waals surface area contributed by atoms with Crippen LogP contribution >= 0.6 is 0 Å². The van der Waals surface area contributed by atoms with Crippen LogP contribution in [-0.2, 0) is 13.0 Å². The van der Waals surface area contributed by atoms with Crippen LogP contribution in [0.3, 0.4) is 0 Å². The third kappa shape index (κ3) is 4.31. The molecule has 0 saturated heterocycles. The smallest absolute Gasteiger partial charge is 0.258 e. The summed E-state index contributed by atoms with van der Waals surface area (Å²) in [7, 11) is 0. The molecule has 2 heterocycles.